The van der Waals surface area contributed by atoms with Crippen molar-refractivity contribution in [3.63, 3.8) is 0 Å². The van der Waals surface area contributed by atoms with Crippen molar-refractivity contribution in [1.82, 2.24) is 0 Å². The molecule has 0 aromatic heterocycles. The molecule has 0 unspecified atom stereocenters. The van der Waals surface area contributed by atoms with Crippen LogP contribution in [0.1, 0.15) is 52.2 Å². The van der Waals surface area contributed by atoms with Gasteiger partial charge in [-0.05, 0) is 40.9 Å². The van der Waals surface area contributed by atoms with E-state index in [0.29, 0.717) is 5.41 Å². The van der Waals surface area contributed by atoms with Crippen LogP contribution >= 0.6 is 0 Å². The fourth-order valence-corrected chi connectivity index (χ4v) is 2.20. The second-order valence-corrected chi connectivity index (χ2v) is 7.03. The van der Waals surface area contributed by atoms with Gasteiger partial charge in [0.1, 0.15) is 5.75 Å². The zero-order valence-electron chi connectivity index (χ0n) is 11.8. The average Bonchev–Trinajstić information content (AvgIpc) is 2.36. The van der Waals surface area contributed by atoms with E-state index in [9.17, 15) is 0 Å². The fourth-order valence-electron chi connectivity index (χ4n) is 2.20. The van der Waals surface area contributed by atoms with Gasteiger partial charge in [0.2, 0.25) is 0 Å². The van der Waals surface area contributed by atoms with Crippen molar-refractivity contribution in [1.29, 1.82) is 0 Å². The first-order valence-corrected chi connectivity index (χ1v) is 6.54. The van der Waals surface area contributed by atoms with E-state index in [1.165, 1.54) is 17.5 Å². The van der Waals surface area contributed by atoms with Gasteiger partial charge in [0.25, 0.3) is 0 Å². The molecule has 2 rings (SSSR count). The number of hydrogen-bond acceptors (Lipinski definition) is 1. The number of benzene rings is 1. The number of aryl methyl sites for hydroxylation is 1. The predicted molar refractivity (Wildman–Crippen MR) is 72.7 cm³/mol. The highest BCUT2D eigenvalue weighted by Crippen LogP contribution is 2.35. The van der Waals surface area contributed by atoms with Crippen LogP contribution < -0.4 is 4.74 Å². The third-order valence-corrected chi connectivity index (χ3v) is 3.62. The summed E-state index contributed by atoms with van der Waals surface area (Å²) in [6.45, 7) is 12.2. The molecule has 1 aliphatic rings. The highest BCUT2D eigenvalue weighted by molar-refractivity contribution is 5.40. The molecule has 0 fully saturated rings. The van der Waals surface area contributed by atoms with Gasteiger partial charge in [0.05, 0.1) is 6.61 Å². The minimum absolute atomic E-state index is 0.219. The lowest BCUT2D eigenvalue weighted by molar-refractivity contribution is 0.182. The Morgan fingerprint density at radius 3 is 2.53 bits per heavy atom. The standard InChI is InChI=1S/C16H24O/c1-15(2,3)13-6-7-14-12(10-13)8-9-16(4,5)11-17-14/h6-7,10H,8-9,11H2,1-5H3. The third kappa shape index (κ3) is 2.83. The number of rotatable bonds is 0. The van der Waals surface area contributed by atoms with Gasteiger partial charge in [-0.3, -0.25) is 0 Å². The molecule has 0 N–H and O–H groups in total. The van der Waals surface area contributed by atoms with Crippen LogP contribution in [-0.2, 0) is 11.8 Å². The van der Waals surface area contributed by atoms with Crippen LogP contribution in [0.25, 0.3) is 0 Å². The van der Waals surface area contributed by atoms with Crippen molar-refractivity contribution in [3.05, 3.63) is 29.3 Å². The van der Waals surface area contributed by atoms with Crippen LogP contribution in [-0.4, -0.2) is 6.61 Å². The van der Waals surface area contributed by atoms with Gasteiger partial charge in [-0.1, -0.05) is 46.8 Å². The van der Waals surface area contributed by atoms with Crippen LogP contribution in [0.2, 0.25) is 0 Å². The van der Waals surface area contributed by atoms with Crippen molar-refractivity contribution >= 4 is 0 Å². The Morgan fingerprint density at radius 1 is 1.18 bits per heavy atom. The van der Waals surface area contributed by atoms with E-state index in [1.54, 1.807) is 0 Å². The summed E-state index contributed by atoms with van der Waals surface area (Å²) < 4.78 is 5.93. The van der Waals surface area contributed by atoms with E-state index >= 15 is 0 Å². The quantitative estimate of drug-likeness (QED) is 0.646. The first kappa shape index (κ1) is 12.5. The van der Waals surface area contributed by atoms with Gasteiger partial charge in [-0.15, -0.1) is 0 Å². The Bertz CT molecular complexity index is 410. The summed E-state index contributed by atoms with van der Waals surface area (Å²) >= 11 is 0. The van der Waals surface area contributed by atoms with Crippen LogP contribution in [0.15, 0.2) is 18.2 Å². The maximum absolute atomic E-state index is 5.93. The second-order valence-electron chi connectivity index (χ2n) is 7.03. The van der Waals surface area contributed by atoms with E-state index in [2.05, 4.69) is 52.8 Å². The van der Waals surface area contributed by atoms with Crippen LogP contribution in [0.4, 0.5) is 0 Å². The minimum atomic E-state index is 0.219. The molecule has 0 amide bonds. The van der Waals surface area contributed by atoms with Crippen molar-refractivity contribution in [2.45, 2.75) is 52.9 Å². The zero-order chi connectivity index (χ0) is 12.7. The predicted octanol–water partition coefficient (Wildman–Crippen LogP) is 4.34. The molecule has 1 nitrogen and oxygen atoms in total. The summed E-state index contributed by atoms with van der Waals surface area (Å²) in [5, 5.41) is 0. The van der Waals surface area contributed by atoms with E-state index in [4.69, 9.17) is 4.74 Å². The van der Waals surface area contributed by atoms with Gasteiger partial charge >= 0.3 is 0 Å². The summed E-state index contributed by atoms with van der Waals surface area (Å²) in [7, 11) is 0. The summed E-state index contributed by atoms with van der Waals surface area (Å²) in [5.74, 6) is 1.09. The number of fused-ring (bicyclic) bond motifs is 1. The van der Waals surface area contributed by atoms with E-state index in [0.717, 1.165) is 18.8 Å². The highest BCUT2D eigenvalue weighted by atomic mass is 16.5. The molecule has 0 radical (unpaired) electrons. The Labute approximate surface area is 105 Å². The molecule has 1 heteroatoms. The van der Waals surface area contributed by atoms with Crippen molar-refractivity contribution < 1.29 is 4.74 Å². The minimum Gasteiger partial charge on any atom is -0.493 e. The molecule has 1 aromatic carbocycles. The smallest absolute Gasteiger partial charge is 0.122 e. The molecule has 94 valence electrons. The van der Waals surface area contributed by atoms with Gasteiger partial charge in [0, 0.05) is 0 Å². The fraction of sp³-hybridized carbons (Fsp3) is 0.625. The number of hydrogen-bond donors (Lipinski definition) is 0. The normalized spacial score (nSPS) is 19.1. The molecule has 0 spiro atoms. The molecule has 0 bridgehead atoms. The molecular formula is C16H24O. The largest absolute Gasteiger partial charge is 0.493 e. The van der Waals surface area contributed by atoms with Crippen molar-refractivity contribution in [2.75, 3.05) is 6.61 Å². The van der Waals surface area contributed by atoms with Crippen LogP contribution in [0, 0.1) is 5.41 Å². The zero-order valence-corrected chi connectivity index (χ0v) is 11.8. The summed E-state index contributed by atoms with van der Waals surface area (Å²) in [6, 6.07) is 6.69. The van der Waals surface area contributed by atoms with Crippen molar-refractivity contribution in [3.8, 4) is 5.75 Å². The average molecular weight is 232 g/mol. The molecule has 0 atom stereocenters. The maximum Gasteiger partial charge on any atom is 0.122 e. The van der Waals surface area contributed by atoms with Crippen LogP contribution in [0.3, 0.4) is 0 Å². The molecule has 1 aliphatic heterocycles. The van der Waals surface area contributed by atoms with E-state index in [-0.39, 0.29) is 5.41 Å². The molecule has 0 saturated carbocycles. The molecule has 0 aliphatic carbocycles. The monoisotopic (exact) mass is 232 g/mol. The first-order chi connectivity index (χ1) is 7.78. The molecule has 1 aromatic rings. The topological polar surface area (TPSA) is 9.23 Å². The molecule has 1 heterocycles. The van der Waals surface area contributed by atoms with Crippen molar-refractivity contribution in [2.24, 2.45) is 5.41 Å². The lowest BCUT2D eigenvalue weighted by Gasteiger charge is -2.21. The Hall–Kier alpha value is -0.980. The highest BCUT2D eigenvalue weighted by Gasteiger charge is 2.24. The third-order valence-electron chi connectivity index (χ3n) is 3.62. The lowest BCUT2D eigenvalue weighted by Crippen LogP contribution is -2.19. The Morgan fingerprint density at radius 2 is 1.88 bits per heavy atom. The second kappa shape index (κ2) is 4.04. The SMILES string of the molecule is CC1(C)CCc2cc(C(C)(C)C)ccc2OC1. The summed E-state index contributed by atoms with van der Waals surface area (Å²) in [4.78, 5) is 0. The van der Waals surface area contributed by atoms with Gasteiger partial charge < -0.3 is 4.74 Å². The summed E-state index contributed by atoms with van der Waals surface area (Å²) in [5.41, 5.74) is 3.29. The molecule has 0 saturated heterocycles. The number of ether oxygens (including phenoxy) is 1. The van der Waals surface area contributed by atoms with Crippen LogP contribution in [0.5, 0.6) is 5.75 Å². The molecular weight excluding hydrogens is 208 g/mol. The Balaban J connectivity index is 2.32. The van der Waals surface area contributed by atoms with Gasteiger partial charge in [-0.25, -0.2) is 0 Å². The van der Waals surface area contributed by atoms with E-state index in [1.807, 2.05) is 0 Å². The molecule has 17 heavy (non-hydrogen) atoms. The lowest BCUT2D eigenvalue weighted by atomic mass is 9.84. The first-order valence-electron chi connectivity index (χ1n) is 6.54. The van der Waals surface area contributed by atoms with E-state index < -0.39 is 0 Å². The van der Waals surface area contributed by atoms with Gasteiger partial charge in [-0.2, -0.15) is 0 Å². The van der Waals surface area contributed by atoms with Gasteiger partial charge in [0.15, 0.2) is 0 Å². The Kier molecular flexibility index (Phi) is 2.97. The maximum atomic E-state index is 5.93. The summed E-state index contributed by atoms with van der Waals surface area (Å²) in [6.07, 6.45) is 2.33.